The van der Waals surface area contributed by atoms with Gasteiger partial charge in [-0.05, 0) is 0 Å². The van der Waals surface area contributed by atoms with Crippen molar-refractivity contribution >= 4 is 17.0 Å². The van der Waals surface area contributed by atoms with Crippen molar-refractivity contribution in [3.05, 3.63) is 12.7 Å². The number of ether oxygens (including phenoxy) is 3. The molecule has 1 aliphatic rings. The minimum Gasteiger partial charge on any atom is -0.382 e. The summed E-state index contributed by atoms with van der Waals surface area (Å²) in [5.74, 6) is 0.422. The number of fused-ring (bicyclic) bond motifs is 1. The van der Waals surface area contributed by atoms with E-state index in [0.717, 1.165) is 11.9 Å². The number of anilines is 1. The highest BCUT2D eigenvalue weighted by atomic mass is 16.7. The van der Waals surface area contributed by atoms with Crippen LogP contribution < -0.4 is 5.73 Å². The molecule has 0 amide bonds. The standard InChI is InChI=1S/C12H17N5O3/c1-18-12(19-2)8-3-7(4-20-8)17-6-16-11-9(17)10(13)14-5-15-11/h5-8,12H,3-4H2,1-2H3,(H2,13,14,15)/t7-,8-/m1/s1. The molecular weight excluding hydrogens is 262 g/mol. The van der Waals surface area contributed by atoms with Gasteiger partial charge in [-0.1, -0.05) is 0 Å². The van der Waals surface area contributed by atoms with E-state index < -0.39 is 0 Å². The van der Waals surface area contributed by atoms with E-state index in [0.29, 0.717) is 18.1 Å². The van der Waals surface area contributed by atoms with Gasteiger partial charge in [-0.3, -0.25) is 0 Å². The second-order valence-corrected chi connectivity index (χ2v) is 4.68. The van der Waals surface area contributed by atoms with E-state index in [9.17, 15) is 0 Å². The van der Waals surface area contributed by atoms with Crippen molar-refractivity contribution < 1.29 is 14.2 Å². The minimum absolute atomic E-state index is 0.113. The van der Waals surface area contributed by atoms with E-state index in [1.807, 2.05) is 4.57 Å². The van der Waals surface area contributed by atoms with Gasteiger partial charge in [0, 0.05) is 20.6 Å². The molecular formula is C12H17N5O3. The van der Waals surface area contributed by atoms with E-state index in [-0.39, 0.29) is 18.4 Å². The molecule has 2 atom stereocenters. The molecule has 108 valence electrons. The van der Waals surface area contributed by atoms with Gasteiger partial charge >= 0.3 is 0 Å². The topological polar surface area (TPSA) is 97.3 Å². The third-order valence-corrected chi connectivity index (χ3v) is 3.56. The van der Waals surface area contributed by atoms with Crippen LogP contribution >= 0.6 is 0 Å². The highest BCUT2D eigenvalue weighted by Gasteiger charge is 2.34. The van der Waals surface area contributed by atoms with Crippen molar-refractivity contribution in [2.45, 2.75) is 24.9 Å². The number of imidazole rings is 1. The minimum atomic E-state index is -0.372. The average Bonchev–Trinajstić information content (AvgIpc) is 3.07. The summed E-state index contributed by atoms with van der Waals surface area (Å²) in [7, 11) is 3.20. The van der Waals surface area contributed by atoms with E-state index in [1.165, 1.54) is 6.33 Å². The molecule has 2 aromatic rings. The number of nitrogen functional groups attached to an aromatic ring is 1. The SMILES string of the molecule is COC(OC)[C@H]1C[C@@H](n2cnc3ncnc(N)c32)CO1. The molecule has 3 heterocycles. The predicted molar refractivity (Wildman–Crippen MR) is 70.9 cm³/mol. The molecule has 1 aliphatic heterocycles. The molecule has 0 saturated carbocycles. The monoisotopic (exact) mass is 279 g/mol. The van der Waals surface area contributed by atoms with Gasteiger partial charge in [0.25, 0.3) is 0 Å². The lowest BCUT2D eigenvalue weighted by molar-refractivity contribution is -0.167. The molecule has 1 fully saturated rings. The van der Waals surface area contributed by atoms with Crippen LogP contribution in [0.15, 0.2) is 12.7 Å². The Morgan fingerprint density at radius 2 is 2.15 bits per heavy atom. The number of nitrogens with two attached hydrogens (primary N) is 1. The zero-order valence-electron chi connectivity index (χ0n) is 11.4. The summed E-state index contributed by atoms with van der Waals surface area (Å²) >= 11 is 0. The first-order chi connectivity index (χ1) is 9.74. The number of hydrogen-bond donors (Lipinski definition) is 1. The van der Waals surface area contributed by atoms with E-state index >= 15 is 0 Å². The average molecular weight is 279 g/mol. The lowest BCUT2D eigenvalue weighted by Crippen LogP contribution is -2.29. The van der Waals surface area contributed by atoms with Crippen LogP contribution in [0.5, 0.6) is 0 Å². The Bertz CT molecular complexity index is 598. The number of rotatable bonds is 4. The summed E-state index contributed by atoms with van der Waals surface area (Å²) in [4.78, 5) is 12.4. The summed E-state index contributed by atoms with van der Waals surface area (Å²) in [6, 6.07) is 0.117. The molecule has 1 saturated heterocycles. The van der Waals surface area contributed by atoms with Crippen molar-refractivity contribution in [2.24, 2.45) is 0 Å². The molecule has 2 N–H and O–H groups in total. The Morgan fingerprint density at radius 1 is 1.35 bits per heavy atom. The van der Waals surface area contributed by atoms with Gasteiger partial charge in [0.1, 0.15) is 17.9 Å². The molecule has 0 radical (unpaired) electrons. The number of methoxy groups -OCH3 is 2. The Hall–Kier alpha value is -1.77. The zero-order valence-corrected chi connectivity index (χ0v) is 11.4. The lowest BCUT2D eigenvalue weighted by Gasteiger charge is -2.19. The van der Waals surface area contributed by atoms with Crippen LogP contribution in [0.4, 0.5) is 5.82 Å². The quantitative estimate of drug-likeness (QED) is 0.807. The summed E-state index contributed by atoms with van der Waals surface area (Å²) in [6.07, 6.45) is 3.41. The van der Waals surface area contributed by atoms with Crippen molar-refractivity contribution in [2.75, 3.05) is 26.6 Å². The maximum Gasteiger partial charge on any atom is 0.183 e. The third-order valence-electron chi connectivity index (χ3n) is 3.56. The Labute approximate surface area is 115 Å². The van der Waals surface area contributed by atoms with Crippen molar-refractivity contribution in [3.8, 4) is 0 Å². The highest BCUT2D eigenvalue weighted by molar-refractivity contribution is 5.81. The summed E-state index contributed by atoms with van der Waals surface area (Å²) in [6.45, 7) is 0.549. The lowest BCUT2D eigenvalue weighted by atomic mass is 10.1. The van der Waals surface area contributed by atoms with Gasteiger partial charge < -0.3 is 24.5 Å². The molecule has 0 bridgehead atoms. The van der Waals surface area contributed by atoms with Crippen molar-refractivity contribution in [3.63, 3.8) is 0 Å². The fourth-order valence-corrected chi connectivity index (χ4v) is 2.60. The fraction of sp³-hybridized carbons (Fsp3) is 0.583. The summed E-state index contributed by atoms with van der Waals surface area (Å²) < 4.78 is 18.2. The van der Waals surface area contributed by atoms with E-state index in [2.05, 4.69) is 15.0 Å². The molecule has 8 nitrogen and oxygen atoms in total. The molecule has 0 spiro atoms. The van der Waals surface area contributed by atoms with Crippen LogP contribution in [-0.4, -0.2) is 52.7 Å². The Balaban J connectivity index is 1.86. The first kappa shape index (κ1) is 13.2. The Kier molecular flexibility index (Phi) is 3.51. The molecule has 8 heteroatoms. The molecule has 20 heavy (non-hydrogen) atoms. The Morgan fingerprint density at radius 3 is 2.90 bits per heavy atom. The summed E-state index contributed by atoms with van der Waals surface area (Å²) in [5.41, 5.74) is 7.25. The number of aromatic nitrogens is 4. The van der Waals surface area contributed by atoms with Gasteiger partial charge in [-0.2, -0.15) is 0 Å². The van der Waals surface area contributed by atoms with Crippen LogP contribution in [0.1, 0.15) is 12.5 Å². The molecule has 0 aliphatic carbocycles. The van der Waals surface area contributed by atoms with Crippen LogP contribution in [0.2, 0.25) is 0 Å². The largest absolute Gasteiger partial charge is 0.382 e. The second-order valence-electron chi connectivity index (χ2n) is 4.68. The van der Waals surface area contributed by atoms with Gasteiger partial charge in [0.05, 0.1) is 19.0 Å². The van der Waals surface area contributed by atoms with Crippen molar-refractivity contribution in [1.82, 2.24) is 19.5 Å². The number of hydrogen-bond acceptors (Lipinski definition) is 7. The highest BCUT2D eigenvalue weighted by Crippen LogP contribution is 2.30. The maximum absolute atomic E-state index is 5.91. The smallest absolute Gasteiger partial charge is 0.183 e. The van der Waals surface area contributed by atoms with Gasteiger partial charge in [-0.15, -0.1) is 0 Å². The van der Waals surface area contributed by atoms with E-state index in [4.69, 9.17) is 19.9 Å². The molecule has 2 aromatic heterocycles. The molecule has 0 unspecified atom stereocenters. The molecule has 0 aromatic carbocycles. The zero-order chi connectivity index (χ0) is 14.1. The van der Waals surface area contributed by atoms with Crippen LogP contribution in [0.3, 0.4) is 0 Å². The fourth-order valence-electron chi connectivity index (χ4n) is 2.60. The first-order valence-corrected chi connectivity index (χ1v) is 6.34. The molecule has 3 rings (SSSR count). The van der Waals surface area contributed by atoms with E-state index in [1.54, 1.807) is 20.5 Å². The second kappa shape index (κ2) is 5.31. The van der Waals surface area contributed by atoms with Crippen LogP contribution in [0, 0.1) is 0 Å². The van der Waals surface area contributed by atoms with Gasteiger partial charge in [0.2, 0.25) is 0 Å². The summed E-state index contributed by atoms with van der Waals surface area (Å²) in [5, 5.41) is 0. The third kappa shape index (κ3) is 2.11. The normalized spacial score (nSPS) is 22.9. The van der Waals surface area contributed by atoms with Crippen LogP contribution in [-0.2, 0) is 14.2 Å². The van der Waals surface area contributed by atoms with Gasteiger partial charge in [0.15, 0.2) is 17.8 Å². The van der Waals surface area contributed by atoms with Crippen molar-refractivity contribution in [1.29, 1.82) is 0 Å². The number of nitrogens with zero attached hydrogens (tertiary/aromatic N) is 4. The first-order valence-electron chi connectivity index (χ1n) is 6.34. The predicted octanol–water partition coefficient (Wildman–Crippen LogP) is 0.357. The maximum atomic E-state index is 5.91. The van der Waals surface area contributed by atoms with Gasteiger partial charge in [-0.25, -0.2) is 15.0 Å². The van der Waals surface area contributed by atoms with Crippen LogP contribution in [0.25, 0.3) is 11.2 Å².